The number of halogens is 1. The van der Waals surface area contributed by atoms with Gasteiger partial charge in [0, 0.05) is 48.4 Å². The van der Waals surface area contributed by atoms with Gasteiger partial charge in [0.15, 0.2) is 0 Å². The number of carbonyl (C=O) groups excluding carboxylic acids is 2. The van der Waals surface area contributed by atoms with Crippen LogP contribution in [0.3, 0.4) is 0 Å². The molecule has 0 spiro atoms. The maximum Gasteiger partial charge on any atom is 0.256 e. The molecule has 6 heteroatoms. The lowest BCUT2D eigenvalue weighted by molar-refractivity contribution is -0.132. The van der Waals surface area contributed by atoms with Gasteiger partial charge in [-0.1, -0.05) is 26.0 Å². The molecule has 148 valence electrons. The Kier molecular flexibility index (Phi) is 6.73. The van der Waals surface area contributed by atoms with Crippen molar-refractivity contribution in [2.24, 2.45) is 5.92 Å². The van der Waals surface area contributed by atoms with E-state index >= 15 is 0 Å². The van der Waals surface area contributed by atoms with Crippen LogP contribution in [0.2, 0.25) is 0 Å². The summed E-state index contributed by atoms with van der Waals surface area (Å²) in [5, 5.41) is 2.93. The highest BCUT2D eigenvalue weighted by atomic mass is 79.9. The summed E-state index contributed by atoms with van der Waals surface area (Å²) in [5.74, 6) is 0.502. The van der Waals surface area contributed by atoms with Gasteiger partial charge < -0.3 is 15.1 Å². The number of nitrogens with zero attached hydrogens (tertiary/aromatic N) is 2. The molecule has 1 saturated heterocycles. The second kappa shape index (κ2) is 9.24. The Morgan fingerprint density at radius 2 is 1.64 bits per heavy atom. The van der Waals surface area contributed by atoms with Crippen LogP contribution in [0.15, 0.2) is 53.0 Å². The van der Waals surface area contributed by atoms with Crippen molar-refractivity contribution in [3.8, 4) is 0 Å². The van der Waals surface area contributed by atoms with Crippen molar-refractivity contribution in [2.75, 3.05) is 36.4 Å². The first kappa shape index (κ1) is 20.4. The molecular formula is C22H26BrN3O2. The molecular weight excluding hydrogens is 418 g/mol. The molecule has 1 aliphatic rings. The molecule has 3 rings (SSSR count). The number of amides is 2. The number of nitrogens with one attached hydrogen (secondary N) is 1. The Balaban J connectivity index is 1.56. The predicted octanol–water partition coefficient (Wildman–Crippen LogP) is 4.40. The van der Waals surface area contributed by atoms with Crippen molar-refractivity contribution in [3.05, 3.63) is 58.6 Å². The maximum atomic E-state index is 12.4. The Bertz CT molecular complexity index is 828. The van der Waals surface area contributed by atoms with Crippen LogP contribution in [-0.2, 0) is 4.79 Å². The number of anilines is 2. The molecule has 1 N–H and O–H groups in total. The highest BCUT2D eigenvalue weighted by molar-refractivity contribution is 9.10. The van der Waals surface area contributed by atoms with Crippen molar-refractivity contribution in [1.29, 1.82) is 0 Å². The third kappa shape index (κ3) is 5.13. The van der Waals surface area contributed by atoms with E-state index in [9.17, 15) is 9.59 Å². The summed E-state index contributed by atoms with van der Waals surface area (Å²) >= 11 is 3.41. The molecule has 0 atom stereocenters. The van der Waals surface area contributed by atoms with Crippen LogP contribution in [0, 0.1) is 5.92 Å². The lowest BCUT2D eigenvalue weighted by atomic mass is 10.1. The molecule has 1 aliphatic heterocycles. The summed E-state index contributed by atoms with van der Waals surface area (Å²) in [6.45, 7) is 7.31. The third-order valence-electron chi connectivity index (χ3n) is 4.82. The van der Waals surface area contributed by atoms with Gasteiger partial charge >= 0.3 is 0 Å². The van der Waals surface area contributed by atoms with Crippen molar-refractivity contribution in [2.45, 2.75) is 20.3 Å². The molecule has 0 radical (unpaired) electrons. The van der Waals surface area contributed by atoms with Crippen molar-refractivity contribution < 1.29 is 9.59 Å². The smallest absolute Gasteiger partial charge is 0.256 e. The van der Waals surface area contributed by atoms with Gasteiger partial charge in [0.05, 0.1) is 5.56 Å². The monoisotopic (exact) mass is 443 g/mol. The van der Waals surface area contributed by atoms with E-state index in [2.05, 4.69) is 40.0 Å². The molecule has 28 heavy (non-hydrogen) atoms. The molecule has 1 fully saturated rings. The summed E-state index contributed by atoms with van der Waals surface area (Å²) in [4.78, 5) is 28.9. The summed E-state index contributed by atoms with van der Waals surface area (Å²) in [5.41, 5.74) is 2.47. The van der Waals surface area contributed by atoms with Gasteiger partial charge in [-0.15, -0.1) is 0 Å². The van der Waals surface area contributed by atoms with E-state index < -0.39 is 0 Å². The number of rotatable bonds is 5. The van der Waals surface area contributed by atoms with Gasteiger partial charge in [-0.2, -0.15) is 0 Å². The molecule has 0 bridgehead atoms. The molecule has 0 aliphatic carbocycles. The molecule has 2 amide bonds. The van der Waals surface area contributed by atoms with Crippen molar-refractivity contribution in [1.82, 2.24) is 4.90 Å². The van der Waals surface area contributed by atoms with E-state index in [-0.39, 0.29) is 11.8 Å². The van der Waals surface area contributed by atoms with Gasteiger partial charge in [0.1, 0.15) is 0 Å². The molecule has 2 aromatic carbocycles. The standard InChI is InChI=1S/C22H26BrN3O2/c1-16(2)15-21(27)26-13-11-25(12-14-26)18-9-7-17(8-10-18)24-22(28)19-5-3-4-6-20(19)23/h3-10,16H,11-15H2,1-2H3,(H,24,28). The van der Waals surface area contributed by atoms with Crippen LogP contribution < -0.4 is 10.2 Å². The fourth-order valence-corrected chi connectivity index (χ4v) is 3.76. The molecule has 2 aromatic rings. The van der Waals surface area contributed by atoms with Crippen LogP contribution in [0.4, 0.5) is 11.4 Å². The molecule has 1 heterocycles. The van der Waals surface area contributed by atoms with Gasteiger partial charge in [0.25, 0.3) is 5.91 Å². The predicted molar refractivity (Wildman–Crippen MR) is 117 cm³/mol. The van der Waals surface area contributed by atoms with Gasteiger partial charge in [-0.05, 0) is 58.2 Å². The van der Waals surface area contributed by atoms with Crippen molar-refractivity contribution >= 4 is 39.1 Å². The highest BCUT2D eigenvalue weighted by Gasteiger charge is 2.21. The first-order chi connectivity index (χ1) is 13.4. The second-order valence-corrected chi connectivity index (χ2v) is 8.30. The Labute approximate surface area is 174 Å². The van der Waals surface area contributed by atoms with E-state index in [1.54, 1.807) is 6.07 Å². The normalized spacial score (nSPS) is 14.3. The van der Waals surface area contributed by atoms with Crippen molar-refractivity contribution in [3.63, 3.8) is 0 Å². The van der Waals surface area contributed by atoms with Gasteiger partial charge in [0.2, 0.25) is 5.91 Å². The average molecular weight is 444 g/mol. The zero-order valence-electron chi connectivity index (χ0n) is 16.3. The average Bonchev–Trinajstić information content (AvgIpc) is 2.68. The minimum atomic E-state index is -0.141. The van der Waals surface area contributed by atoms with Crippen LogP contribution in [0.5, 0.6) is 0 Å². The number of benzene rings is 2. The SMILES string of the molecule is CC(C)CC(=O)N1CCN(c2ccc(NC(=O)c3ccccc3Br)cc2)CC1. The Morgan fingerprint density at radius 3 is 2.25 bits per heavy atom. The number of carbonyl (C=O) groups is 2. The Morgan fingerprint density at radius 1 is 1.00 bits per heavy atom. The van der Waals surface area contributed by atoms with Gasteiger partial charge in [-0.3, -0.25) is 9.59 Å². The van der Waals surface area contributed by atoms with E-state index in [4.69, 9.17) is 0 Å². The Hall–Kier alpha value is -2.34. The lowest BCUT2D eigenvalue weighted by Crippen LogP contribution is -2.49. The van der Waals surface area contributed by atoms with Crippen LogP contribution in [0.25, 0.3) is 0 Å². The summed E-state index contributed by atoms with van der Waals surface area (Å²) in [6, 6.07) is 15.2. The topological polar surface area (TPSA) is 52.7 Å². The molecule has 0 saturated carbocycles. The highest BCUT2D eigenvalue weighted by Crippen LogP contribution is 2.22. The maximum absolute atomic E-state index is 12.4. The minimum absolute atomic E-state index is 0.141. The molecule has 0 unspecified atom stereocenters. The van der Waals surface area contributed by atoms with E-state index in [0.29, 0.717) is 17.9 Å². The van der Waals surface area contributed by atoms with E-state index in [1.807, 2.05) is 47.4 Å². The van der Waals surface area contributed by atoms with Crippen LogP contribution in [-0.4, -0.2) is 42.9 Å². The van der Waals surface area contributed by atoms with Gasteiger partial charge in [-0.25, -0.2) is 0 Å². The third-order valence-corrected chi connectivity index (χ3v) is 5.52. The number of piperazine rings is 1. The fraction of sp³-hybridized carbons (Fsp3) is 0.364. The lowest BCUT2D eigenvalue weighted by Gasteiger charge is -2.36. The first-order valence-corrected chi connectivity index (χ1v) is 10.4. The quantitative estimate of drug-likeness (QED) is 0.744. The number of hydrogen-bond acceptors (Lipinski definition) is 3. The van der Waals surface area contributed by atoms with E-state index in [0.717, 1.165) is 42.0 Å². The molecule has 0 aromatic heterocycles. The first-order valence-electron chi connectivity index (χ1n) is 9.62. The van der Waals surface area contributed by atoms with Crippen LogP contribution >= 0.6 is 15.9 Å². The summed E-state index contributed by atoms with van der Waals surface area (Å²) in [7, 11) is 0. The zero-order valence-corrected chi connectivity index (χ0v) is 17.9. The zero-order chi connectivity index (χ0) is 20.1. The summed E-state index contributed by atoms with van der Waals surface area (Å²) < 4.78 is 0.772. The minimum Gasteiger partial charge on any atom is -0.368 e. The van der Waals surface area contributed by atoms with Crippen LogP contribution in [0.1, 0.15) is 30.6 Å². The number of hydrogen-bond donors (Lipinski definition) is 1. The fourth-order valence-electron chi connectivity index (χ4n) is 3.29. The van der Waals surface area contributed by atoms with E-state index in [1.165, 1.54) is 0 Å². The second-order valence-electron chi connectivity index (χ2n) is 7.45. The molecule has 5 nitrogen and oxygen atoms in total. The largest absolute Gasteiger partial charge is 0.368 e. The summed E-state index contributed by atoms with van der Waals surface area (Å²) in [6.07, 6.45) is 0.617.